The van der Waals surface area contributed by atoms with Gasteiger partial charge in [0.25, 0.3) is 0 Å². The molecule has 0 saturated heterocycles. The summed E-state index contributed by atoms with van der Waals surface area (Å²) in [6.07, 6.45) is 7.79. The van der Waals surface area contributed by atoms with E-state index in [9.17, 15) is 4.79 Å². The van der Waals surface area contributed by atoms with E-state index in [4.69, 9.17) is 4.74 Å². The topological polar surface area (TPSA) is 56.1 Å². The minimum Gasteiger partial charge on any atom is -0.463 e. The van der Waals surface area contributed by atoms with Gasteiger partial charge in [0.15, 0.2) is 0 Å². The first kappa shape index (κ1) is 13.4. The molecule has 0 aromatic carbocycles. The van der Waals surface area contributed by atoms with Gasteiger partial charge in [-0.3, -0.25) is 0 Å². The van der Waals surface area contributed by atoms with Gasteiger partial charge in [0, 0.05) is 45.0 Å². The largest absolute Gasteiger partial charge is 0.463 e. The molecule has 1 N–H and O–H groups in total. The molecule has 0 spiro atoms. The highest BCUT2D eigenvalue weighted by molar-refractivity contribution is 5.81. The molecule has 0 unspecified atom stereocenters. The second kappa shape index (κ2) is 7.62. The number of carbonyl (C=O) groups excluding carboxylic acids is 1. The first-order valence-corrected chi connectivity index (χ1v) is 5.74. The van der Waals surface area contributed by atoms with Gasteiger partial charge in [0.1, 0.15) is 5.82 Å². The van der Waals surface area contributed by atoms with Crippen molar-refractivity contribution in [1.82, 2.24) is 14.9 Å². The molecular weight excluding hydrogens is 218 g/mol. The second-order valence-electron chi connectivity index (χ2n) is 3.56. The van der Waals surface area contributed by atoms with E-state index in [2.05, 4.69) is 10.3 Å². The third-order valence-electron chi connectivity index (χ3n) is 2.25. The highest BCUT2D eigenvalue weighted by atomic mass is 16.5. The van der Waals surface area contributed by atoms with Crippen molar-refractivity contribution in [1.29, 1.82) is 0 Å². The third kappa shape index (κ3) is 5.31. The van der Waals surface area contributed by atoms with Gasteiger partial charge >= 0.3 is 5.97 Å². The van der Waals surface area contributed by atoms with Crippen molar-refractivity contribution in [2.45, 2.75) is 13.3 Å². The number of nitrogens with zero attached hydrogens (tertiary/aromatic N) is 2. The second-order valence-corrected chi connectivity index (χ2v) is 3.56. The van der Waals surface area contributed by atoms with Crippen molar-refractivity contribution in [3.63, 3.8) is 0 Å². The number of ether oxygens (including phenoxy) is 1. The summed E-state index contributed by atoms with van der Waals surface area (Å²) in [5, 5.41) is 3.20. The molecule has 0 aliphatic rings. The van der Waals surface area contributed by atoms with Crippen molar-refractivity contribution in [2.24, 2.45) is 7.05 Å². The Morgan fingerprint density at radius 3 is 3.12 bits per heavy atom. The van der Waals surface area contributed by atoms with E-state index >= 15 is 0 Å². The molecule has 94 valence electrons. The van der Waals surface area contributed by atoms with Crippen LogP contribution < -0.4 is 5.32 Å². The number of imidazole rings is 1. The monoisotopic (exact) mass is 237 g/mol. The molecule has 1 rings (SSSR count). The smallest absolute Gasteiger partial charge is 0.330 e. The molecule has 0 aliphatic carbocycles. The molecule has 1 aromatic rings. The Bertz CT molecular complexity index is 372. The predicted molar refractivity (Wildman–Crippen MR) is 65.6 cm³/mol. The van der Waals surface area contributed by atoms with Crippen LogP contribution in [0.3, 0.4) is 0 Å². The predicted octanol–water partition coefficient (Wildman–Crippen LogP) is 0.671. The molecule has 0 radical (unpaired) electrons. The molecule has 1 aromatic heterocycles. The summed E-state index contributed by atoms with van der Waals surface area (Å²) < 4.78 is 6.75. The molecule has 1 heterocycles. The van der Waals surface area contributed by atoms with Gasteiger partial charge in [0.05, 0.1) is 6.61 Å². The van der Waals surface area contributed by atoms with Crippen LogP contribution in [0.25, 0.3) is 0 Å². The normalized spacial score (nSPS) is 10.9. The van der Waals surface area contributed by atoms with Gasteiger partial charge < -0.3 is 14.6 Å². The van der Waals surface area contributed by atoms with E-state index in [1.165, 1.54) is 6.08 Å². The summed E-state index contributed by atoms with van der Waals surface area (Å²) in [6, 6.07) is 0. The average Bonchev–Trinajstić information content (AvgIpc) is 2.70. The van der Waals surface area contributed by atoms with Crippen LogP contribution in [0.2, 0.25) is 0 Å². The Balaban J connectivity index is 2.09. The summed E-state index contributed by atoms with van der Waals surface area (Å²) in [4.78, 5) is 15.2. The first-order chi connectivity index (χ1) is 8.24. The lowest BCUT2D eigenvalue weighted by Crippen LogP contribution is -2.18. The van der Waals surface area contributed by atoms with Gasteiger partial charge in [-0.05, 0) is 6.92 Å². The fourth-order valence-electron chi connectivity index (χ4n) is 1.37. The Morgan fingerprint density at radius 1 is 1.65 bits per heavy atom. The van der Waals surface area contributed by atoms with Gasteiger partial charge in [-0.15, -0.1) is 0 Å². The van der Waals surface area contributed by atoms with Crippen LogP contribution in [0.1, 0.15) is 12.7 Å². The van der Waals surface area contributed by atoms with E-state index in [0.29, 0.717) is 13.2 Å². The zero-order valence-corrected chi connectivity index (χ0v) is 10.3. The van der Waals surface area contributed by atoms with E-state index in [1.54, 1.807) is 19.2 Å². The third-order valence-corrected chi connectivity index (χ3v) is 2.25. The fraction of sp³-hybridized carbons (Fsp3) is 0.500. The zero-order chi connectivity index (χ0) is 12.5. The van der Waals surface area contributed by atoms with E-state index in [-0.39, 0.29) is 5.97 Å². The number of carbonyl (C=O) groups is 1. The van der Waals surface area contributed by atoms with Crippen LogP contribution in [0.15, 0.2) is 24.5 Å². The highest BCUT2D eigenvalue weighted by Gasteiger charge is 1.97. The lowest BCUT2D eigenvalue weighted by atomic mass is 10.4. The summed E-state index contributed by atoms with van der Waals surface area (Å²) in [5.41, 5.74) is 0. The van der Waals surface area contributed by atoms with Crippen LogP contribution in [-0.2, 0) is 23.0 Å². The average molecular weight is 237 g/mol. The van der Waals surface area contributed by atoms with Gasteiger partial charge in [-0.2, -0.15) is 0 Å². The first-order valence-electron chi connectivity index (χ1n) is 5.74. The summed E-state index contributed by atoms with van der Waals surface area (Å²) in [6.45, 7) is 3.69. The molecule has 0 fully saturated rings. The molecule has 0 aliphatic heterocycles. The van der Waals surface area contributed by atoms with Crippen LogP contribution in [-0.4, -0.2) is 35.2 Å². The van der Waals surface area contributed by atoms with E-state index in [0.717, 1.165) is 18.8 Å². The molecule has 5 heteroatoms. The summed E-state index contributed by atoms with van der Waals surface area (Å²) in [5.74, 6) is 0.755. The summed E-state index contributed by atoms with van der Waals surface area (Å²) >= 11 is 0. The van der Waals surface area contributed by atoms with Crippen LogP contribution in [0.4, 0.5) is 0 Å². The summed E-state index contributed by atoms with van der Waals surface area (Å²) in [7, 11) is 1.98. The minimum atomic E-state index is -0.293. The van der Waals surface area contributed by atoms with Crippen molar-refractivity contribution in [3.8, 4) is 0 Å². The van der Waals surface area contributed by atoms with E-state index in [1.807, 2.05) is 17.8 Å². The maximum absolute atomic E-state index is 11.0. The SMILES string of the molecule is CCOC(=O)/C=C/CNCCc1nccn1C. The van der Waals surface area contributed by atoms with Gasteiger partial charge in [0.2, 0.25) is 0 Å². The fourth-order valence-corrected chi connectivity index (χ4v) is 1.37. The van der Waals surface area contributed by atoms with Crippen LogP contribution >= 0.6 is 0 Å². The maximum atomic E-state index is 11.0. The van der Waals surface area contributed by atoms with Gasteiger partial charge in [-0.1, -0.05) is 6.08 Å². The number of esters is 1. The van der Waals surface area contributed by atoms with Crippen molar-refractivity contribution in [2.75, 3.05) is 19.7 Å². The van der Waals surface area contributed by atoms with Crippen LogP contribution in [0, 0.1) is 0 Å². The Labute approximate surface area is 101 Å². The Kier molecular flexibility index (Phi) is 6.03. The van der Waals surface area contributed by atoms with Crippen molar-refractivity contribution < 1.29 is 9.53 Å². The molecule has 0 bridgehead atoms. The number of aryl methyl sites for hydroxylation is 1. The Hall–Kier alpha value is -1.62. The minimum absolute atomic E-state index is 0.293. The number of nitrogens with one attached hydrogen (secondary N) is 1. The molecule has 0 saturated carbocycles. The lowest BCUT2D eigenvalue weighted by Gasteiger charge is -2.02. The highest BCUT2D eigenvalue weighted by Crippen LogP contribution is 1.93. The van der Waals surface area contributed by atoms with Crippen LogP contribution in [0.5, 0.6) is 0 Å². The Morgan fingerprint density at radius 2 is 2.47 bits per heavy atom. The molecular formula is C12H19N3O2. The molecule has 0 amide bonds. The standard InChI is InChI=1S/C12H19N3O2/c1-3-17-12(16)5-4-7-13-8-6-11-14-9-10-15(11)2/h4-5,9-10,13H,3,6-8H2,1-2H3/b5-4+. The molecule has 17 heavy (non-hydrogen) atoms. The maximum Gasteiger partial charge on any atom is 0.330 e. The number of hydrogen-bond donors (Lipinski definition) is 1. The van der Waals surface area contributed by atoms with Crippen molar-refractivity contribution >= 4 is 5.97 Å². The van der Waals surface area contributed by atoms with Gasteiger partial charge in [-0.25, -0.2) is 9.78 Å². The number of rotatable bonds is 7. The molecule has 5 nitrogen and oxygen atoms in total. The number of aromatic nitrogens is 2. The molecule has 0 atom stereocenters. The lowest BCUT2D eigenvalue weighted by molar-refractivity contribution is -0.137. The zero-order valence-electron chi connectivity index (χ0n) is 10.3. The van der Waals surface area contributed by atoms with Crippen molar-refractivity contribution in [3.05, 3.63) is 30.4 Å². The quantitative estimate of drug-likeness (QED) is 0.430. The van der Waals surface area contributed by atoms with E-state index < -0.39 is 0 Å². The number of hydrogen-bond acceptors (Lipinski definition) is 4.